The van der Waals surface area contributed by atoms with Gasteiger partial charge in [0.1, 0.15) is 5.01 Å². The molecule has 0 aliphatic heterocycles. The molecule has 0 fully saturated rings. The van der Waals surface area contributed by atoms with Crippen LogP contribution in [0.3, 0.4) is 0 Å². The van der Waals surface area contributed by atoms with Gasteiger partial charge < -0.3 is 5.32 Å². The maximum atomic E-state index is 4.12. The fraction of sp³-hybridized carbons (Fsp3) is 0.333. The van der Waals surface area contributed by atoms with Crippen LogP contribution in [-0.4, -0.2) is 17.2 Å². The Labute approximate surface area is 110 Å². The Balaban J connectivity index is 2.14. The minimum atomic E-state index is 0.911. The average Bonchev–Trinajstić information content (AvgIpc) is 2.68. The molecule has 0 radical (unpaired) electrons. The number of aryl methyl sites for hydroxylation is 2. The van der Waals surface area contributed by atoms with Crippen molar-refractivity contribution >= 4 is 23.1 Å². The second-order valence-electron chi connectivity index (χ2n) is 3.81. The highest BCUT2D eigenvalue weighted by Gasteiger charge is 2.05. The van der Waals surface area contributed by atoms with Gasteiger partial charge >= 0.3 is 0 Å². The lowest BCUT2D eigenvalue weighted by Crippen LogP contribution is -2.06. The zero-order chi connectivity index (χ0) is 12.3. The molecule has 0 bridgehead atoms. The summed E-state index contributed by atoms with van der Waals surface area (Å²) in [7, 11) is 1.96. The van der Waals surface area contributed by atoms with E-state index < -0.39 is 0 Å². The van der Waals surface area contributed by atoms with Gasteiger partial charge in [0.2, 0.25) is 0 Å². The molecule has 5 heteroatoms. The van der Waals surface area contributed by atoms with Crippen molar-refractivity contribution in [3.8, 4) is 0 Å². The van der Waals surface area contributed by atoms with Crippen molar-refractivity contribution in [3.05, 3.63) is 34.3 Å². The predicted molar refractivity (Wildman–Crippen MR) is 72.7 cm³/mol. The summed E-state index contributed by atoms with van der Waals surface area (Å²) in [6.45, 7) is 5.03. The standard InChI is InChI=1S/C12H15N3S2/c1-8-6-11(5-4-10(8)7-13-3)17-12-15-14-9(2)16-12/h4-6,13H,7H2,1-3H3. The van der Waals surface area contributed by atoms with E-state index in [0.29, 0.717) is 0 Å². The lowest BCUT2D eigenvalue weighted by molar-refractivity contribution is 0.811. The molecule has 90 valence electrons. The first-order valence-corrected chi connectivity index (χ1v) is 7.04. The summed E-state index contributed by atoms with van der Waals surface area (Å²) in [5.74, 6) is 0. The minimum absolute atomic E-state index is 0.911. The van der Waals surface area contributed by atoms with Crippen LogP contribution in [0.2, 0.25) is 0 Å². The fourth-order valence-corrected chi connectivity index (χ4v) is 3.43. The van der Waals surface area contributed by atoms with Crippen LogP contribution in [0.15, 0.2) is 27.4 Å². The first-order chi connectivity index (χ1) is 8.19. The molecule has 0 aliphatic rings. The molecule has 0 aliphatic carbocycles. The maximum absolute atomic E-state index is 4.12. The molecule has 17 heavy (non-hydrogen) atoms. The predicted octanol–water partition coefficient (Wildman–Crippen LogP) is 3.03. The van der Waals surface area contributed by atoms with Gasteiger partial charge in [0, 0.05) is 11.4 Å². The van der Waals surface area contributed by atoms with Crippen LogP contribution >= 0.6 is 23.1 Å². The van der Waals surface area contributed by atoms with E-state index in [1.807, 2.05) is 14.0 Å². The number of hydrogen-bond acceptors (Lipinski definition) is 5. The Bertz CT molecular complexity index is 508. The highest BCUT2D eigenvalue weighted by molar-refractivity contribution is 8.01. The van der Waals surface area contributed by atoms with Crippen LogP contribution in [0, 0.1) is 13.8 Å². The molecule has 0 amide bonds. The van der Waals surface area contributed by atoms with E-state index in [2.05, 4.69) is 40.6 Å². The van der Waals surface area contributed by atoms with Gasteiger partial charge in [0.15, 0.2) is 4.34 Å². The highest BCUT2D eigenvalue weighted by Crippen LogP contribution is 2.30. The Hall–Kier alpha value is -0.910. The van der Waals surface area contributed by atoms with E-state index in [-0.39, 0.29) is 0 Å². The van der Waals surface area contributed by atoms with E-state index in [1.54, 1.807) is 23.1 Å². The molecule has 0 unspecified atom stereocenters. The van der Waals surface area contributed by atoms with Crippen LogP contribution in [0.25, 0.3) is 0 Å². The third-order valence-electron chi connectivity index (χ3n) is 2.39. The first kappa shape index (κ1) is 12.5. The number of nitrogens with zero attached hydrogens (tertiary/aromatic N) is 2. The van der Waals surface area contributed by atoms with Gasteiger partial charge in [-0.2, -0.15) is 0 Å². The monoisotopic (exact) mass is 265 g/mol. The number of rotatable bonds is 4. The summed E-state index contributed by atoms with van der Waals surface area (Å²) in [4.78, 5) is 1.22. The summed E-state index contributed by atoms with van der Waals surface area (Å²) in [6.07, 6.45) is 0. The largest absolute Gasteiger partial charge is 0.316 e. The van der Waals surface area contributed by atoms with Crippen molar-refractivity contribution < 1.29 is 0 Å². The van der Waals surface area contributed by atoms with Crippen LogP contribution < -0.4 is 5.32 Å². The molecule has 0 saturated carbocycles. The van der Waals surface area contributed by atoms with Gasteiger partial charge in [-0.25, -0.2) is 0 Å². The molecular weight excluding hydrogens is 250 g/mol. The fourth-order valence-electron chi connectivity index (χ4n) is 1.54. The Morgan fingerprint density at radius 3 is 2.71 bits per heavy atom. The lowest BCUT2D eigenvalue weighted by atomic mass is 10.1. The smallest absolute Gasteiger partial charge is 0.179 e. The Kier molecular flexibility index (Phi) is 4.15. The summed E-state index contributed by atoms with van der Waals surface area (Å²) in [5, 5.41) is 12.3. The molecule has 1 aromatic heterocycles. The molecule has 0 saturated heterocycles. The van der Waals surface area contributed by atoms with Gasteiger partial charge in [0.25, 0.3) is 0 Å². The van der Waals surface area contributed by atoms with Crippen molar-refractivity contribution in [2.75, 3.05) is 7.05 Å². The van der Waals surface area contributed by atoms with Crippen LogP contribution in [0.4, 0.5) is 0 Å². The molecule has 1 N–H and O–H groups in total. The van der Waals surface area contributed by atoms with Crippen molar-refractivity contribution in [1.29, 1.82) is 0 Å². The Morgan fingerprint density at radius 2 is 2.12 bits per heavy atom. The third kappa shape index (κ3) is 3.28. The molecule has 2 aromatic rings. The third-order valence-corrected chi connectivity index (χ3v) is 4.27. The van der Waals surface area contributed by atoms with Gasteiger partial charge in [-0.1, -0.05) is 29.2 Å². The second kappa shape index (κ2) is 5.62. The van der Waals surface area contributed by atoms with E-state index in [9.17, 15) is 0 Å². The molecule has 0 atom stereocenters. The maximum Gasteiger partial charge on any atom is 0.179 e. The summed E-state index contributed by atoms with van der Waals surface area (Å²) in [6, 6.07) is 6.51. The average molecular weight is 265 g/mol. The SMILES string of the molecule is CNCc1ccc(Sc2nnc(C)s2)cc1C. The van der Waals surface area contributed by atoms with E-state index in [0.717, 1.165) is 15.9 Å². The first-order valence-electron chi connectivity index (χ1n) is 5.41. The lowest BCUT2D eigenvalue weighted by Gasteiger charge is -2.06. The number of nitrogens with one attached hydrogen (secondary N) is 1. The van der Waals surface area contributed by atoms with Crippen molar-refractivity contribution in [3.63, 3.8) is 0 Å². The minimum Gasteiger partial charge on any atom is -0.316 e. The summed E-state index contributed by atoms with van der Waals surface area (Å²) >= 11 is 3.31. The molecule has 3 nitrogen and oxygen atoms in total. The molecule has 2 rings (SSSR count). The highest BCUT2D eigenvalue weighted by atomic mass is 32.2. The van der Waals surface area contributed by atoms with E-state index >= 15 is 0 Å². The van der Waals surface area contributed by atoms with Gasteiger partial charge in [-0.15, -0.1) is 10.2 Å². The number of hydrogen-bond donors (Lipinski definition) is 1. The second-order valence-corrected chi connectivity index (χ2v) is 6.31. The van der Waals surface area contributed by atoms with Crippen LogP contribution in [-0.2, 0) is 6.54 Å². The summed E-state index contributed by atoms with van der Waals surface area (Å²) < 4.78 is 1.00. The van der Waals surface area contributed by atoms with Gasteiger partial charge in [-0.3, -0.25) is 0 Å². The molecule has 0 spiro atoms. The van der Waals surface area contributed by atoms with Gasteiger partial charge in [-0.05, 0) is 44.2 Å². The van der Waals surface area contributed by atoms with Crippen LogP contribution in [0.5, 0.6) is 0 Å². The summed E-state index contributed by atoms with van der Waals surface area (Å²) in [5.41, 5.74) is 2.65. The normalized spacial score (nSPS) is 10.8. The molecular formula is C12H15N3S2. The quantitative estimate of drug-likeness (QED) is 0.922. The van der Waals surface area contributed by atoms with Gasteiger partial charge in [0.05, 0.1) is 0 Å². The van der Waals surface area contributed by atoms with Crippen LogP contribution in [0.1, 0.15) is 16.1 Å². The Morgan fingerprint density at radius 1 is 1.29 bits per heavy atom. The topological polar surface area (TPSA) is 37.8 Å². The zero-order valence-electron chi connectivity index (χ0n) is 10.2. The molecule has 1 aromatic carbocycles. The number of benzene rings is 1. The van der Waals surface area contributed by atoms with Crippen molar-refractivity contribution in [1.82, 2.24) is 15.5 Å². The van der Waals surface area contributed by atoms with E-state index in [4.69, 9.17) is 0 Å². The van der Waals surface area contributed by atoms with Crippen molar-refractivity contribution in [2.45, 2.75) is 29.6 Å². The molecule has 1 heterocycles. The van der Waals surface area contributed by atoms with Crippen molar-refractivity contribution in [2.24, 2.45) is 0 Å². The van der Waals surface area contributed by atoms with E-state index in [1.165, 1.54) is 16.0 Å². The number of aromatic nitrogens is 2. The zero-order valence-corrected chi connectivity index (χ0v) is 11.8.